The lowest BCUT2D eigenvalue weighted by molar-refractivity contribution is -0.135. The highest BCUT2D eigenvalue weighted by Gasteiger charge is 2.38. The van der Waals surface area contributed by atoms with Crippen LogP contribution in [0.5, 0.6) is 0 Å². The van der Waals surface area contributed by atoms with Crippen molar-refractivity contribution in [3.8, 4) is 0 Å². The summed E-state index contributed by atoms with van der Waals surface area (Å²) < 4.78 is 9.68. The highest BCUT2D eigenvalue weighted by Crippen LogP contribution is 2.36. The Morgan fingerprint density at radius 3 is 1.47 bits per heavy atom. The molecule has 2 aliphatic rings. The van der Waals surface area contributed by atoms with Crippen molar-refractivity contribution in [2.45, 2.75) is 69.1 Å². The summed E-state index contributed by atoms with van der Waals surface area (Å²) in [5.74, 6) is 1.07. The van der Waals surface area contributed by atoms with Gasteiger partial charge < -0.3 is 39.9 Å². The minimum atomic E-state index is -0.874. The van der Waals surface area contributed by atoms with E-state index >= 15 is 0 Å². The van der Waals surface area contributed by atoms with Crippen LogP contribution in [-0.4, -0.2) is 81.0 Å². The van der Waals surface area contributed by atoms with Crippen molar-refractivity contribution in [2.75, 3.05) is 27.3 Å². The van der Waals surface area contributed by atoms with Gasteiger partial charge in [0, 0.05) is 13.1 Å². The van der Waals surface area contributed by atoms with Gasteiger partial charge in [-0.15, -0.1) is 0 Å². The molecule has 2 aromatic heterocycles. The number of likely N-dealkylation sites (tertiary alicyclic amines) is 2. The summed E-state index contributed by atoms with van der Waals surface area (Å²) in [6.07, 6.45) is 4.51. The maximum absolute atomic E-state index is 13.9. The van der Waals surface area contributed by atoms with Crippen molar-refractivity contribution in [1.82, 2.24) is 40.4 Å². The van der Waals surface area contributed by atoms with E-state index in [0.717, 1.165) is 78.7 Å². The molecule has 6 aromatic rings. The average molecular weight is 797 g/mol. The lowest BCUT2D eigenvalue weighted by Crippen LogP contribution is -2.42. The summed E-state index contributed by atoms with van der Waals surface area (Å²) in [4.78, 5) is 72.8. The Kier molecular flexibility index (Phi) is 11.6. The number of carbonyl (C=O) groups excluding carboxylic acids is 4. The van der Waals surface area contributed by atoms with Crippen LogP contribution in [-0.2, 0) is 31.9 Å². The van der Waals surface area contributed by atoms with E-state index in [1.165, 1.54) is 25.3 Å². The molecule has 2 fully saturated rings. The van der Waals surface area contributed by atoms with E-state index in [1.54, 1.807) is 0 Å². The monoisotopic (exact) mass is 796 g/mol. The molecule has 2 aliphatic heterocycles. The molecule has 0 bridgehead atoms. The number of amides is 4. The van der Waals surface area contributed by atoms with Crippen LogP contribution < -0.4 is 10.6 Å². The standard InChI is InChI=1S/C45H48N8O6/c1-58-44(56)50-38(30-14-5-3-6-15-30)42(54)52-24-10-18-36(52)40-46-32-22-20-28(26-34(32)48-40)12-9-13-29-21-23-33-35(27-29)49-41(47-33)37-19-11-25-53(37)43(55)39(51-45(57)59-2)31-16-7-4-8-17-31/h3-8,14-17,20-23,26-27,36-39H,9-13,18-19,24-25H2,1-2H3,(H,46,48)(H,47,49)(H,50,56)(H,51,57)/t36-,37-,38-,39-/m1/s1. The van der Waals surface area contributed by atoms with Gasteiger partial charge in [0.15, 0.2) is 0 Å². The van der Waals surface area contributed by atoms with Crippen LogP contribution in [0.1, 0.15) is 90.2 Å². The molecular weight excluding hydrogens is 749 g/mol. The van der Waals surface area contributed by atoms with E-state index in [4.69, 9.17) is 19.4 Å². The molecule has 8 rings (SSSR count). The number of hydrogen-bond donors (Lipinski definition) is 4. The van der Waals surface area contributed by atoms with Gasteiger partial charge in [-0.25, -0.2) is 19.6 Å². The molecule has 304 valence electrons. The molecule has 59 heavy (non-hydrogen) atoms. The first-order valence-electron chi connectivity index (χ1n) is 20.2. The van der Waals surface area contributed by atoms with Gasteiger partial charge in [-0.05, 0) is 91.5 Å². The maximum Gasteiger partial charge on any atom is 0.407 e. The number of H-pyrrole nitrogens is 2. The molecular formula is C45H48N8O6. The van der Waals surface area contributed by atoms with Crippen LogP contribution in [0.3, 0.4) is 0 Å². The maximum atomic E-state index is 13.9. The number of aromatic amines is 2. The first-order valence-corrected chi connectivity index (χ1v) is 20.2. The number of aryl methyl sites for hydroxylation is 2. The number of aromatic nitrogens is 4. The number of methoxy groups -OCH3 is 2. The van der Waals surface area contributed by atoms with E-state index < -0.39 is 24.3 Å². The Morgan fingerprint density at radius 2 is 1.07 bits per heavy atom. The fraction of sp³-hybridized carbons (Fsp3) is 0.333. The van der Waals surface area contributed by atoms with Crippen molar-refractivity contribution in [3.05, 3.63) is 131 Å². The van der Waals surface area contributed by atoms with Gasteiger partial charge >= 0.3 is 12.2 Å². The van der Waals surface area contributed by atoms with Crippen molar-refractivity contribution in [1.29, 1.82) is 0 Å². The molecule has 2 saturated heterocycles. The molecule has 0 unspecified atom stereocenters. The average Bonchev–Trinajstić information content (AvgIpc) is 4.10. The summed E-state index contributed by atoms with van der Waals surface area (Å²) >= 11 is 0. The van der Waals surface area contributed by atoms with Gasteiger partial charge in [-0.2, -0.15) is 0 Å². The second-order valence-electron chi connectivity index (χ2n) is 15.1. The zero-order valence-electron chi connectivity index (χ0n) is 33.1. The second kappa shape index (κ2) is 17.4. The molecule has 4 amide bonds. The molecule has 0 radical (unpaired) electrons. The minimum absolute atomic E-state index is 0.201. The Bertz CT molecular complexity index is 2280. The third-order valence-corrected chi connectivity index (χ3v) is 11.4. The Labute approximate surface area is 341 Å². The largest absolute Gasteiger partial charge is 0.453 e. The number of nitrogens with zero attached hydrogens (tertiary/aromatic N) is 4. The lowest BCUT2D eigenvalue weighted by atomic mass is 10.0. The number of ether oxygens (including phenoxy) is 2. The summed E-state index contributed by atoms with van der Waals surface area (Å²) in [6.45, 7) is 1.13. The van der Waals surface area contributed by atoms with Crippen LogP contribution in [0.2, 0.25) is 0 Å². The quantitative estimate of drug-likeness (QED) is 0.101. The van der Waals surface area contributed by atoms with Crippen molar-refractivity contribution < 1.29 is 28.7 Å². The molecule has 4 atom stereocenters. The molecule has 0 spiro atoms. The number of carbonyl (C=O) groups is 4. The van der Waals surface area contributed by atoms with Crippen LogP contribution in [0.25, 0.3) is 22.1 Å². The van der Waals surface area contributed by atoms with E-state index in [9.17, 15) is 19.2 Å². The van der Waals surface area contributed by atoms with Crippen molar-refractivity contribution >= 4 is 46.1 Å². The van der Waals surface area contributed by atoms with Crippen molar-refractivity contribution in [2.24, 2.45) is 0 Å². The smallest absolute Gasteiger partial charge is 0.407 e. The van der Waals surface area contributed by atoms with E-state index in [2.05, 4.69) is 44.9 Å². The molecule has 14 nitrogen and oxygen atoms in total. The Morgan fingerprint density at radius 1 is 0.644 bits per heavy atom. The molecule has 4 aromatic carbocycles. The number of hydrogen-bond acceptors (Lipinski definition) is 8. The topological polar surface area (TPSA) is 175 Å². The number of benzene rings is 4. The fourth-order valence-electron chi connectivity index (χ4n) is 8.46. The summed E-state index contributed by atoms with van der Waals surface area (Å²) in [6, 6.07) is 28.7. The van der Waals surface area contributed by atoms with Gasteiger partial charge in [0.1, 0.15) is 23.7 Å². The zero-order chi connectivity index (χ0) is 40.9. The minimum Gasteiger partial charge on any atom is -0.453 e. The second-order valence-corrected chi connectivity index (χ2v) is 15.1. The highest BCUT2D eigenvalue weighted by atomic mass is 16.5. The summed E-state index contributed by atoms with van der Waals surface area (Å²) in [5, 5.41) is 5.45. The van der Waals surface area contributed by atoms with Gasteiger partial charge in [0.2, 0.25) is 0 Å². The Balaban J connectivity index is 0.914. The van der Waals surface area contributed by atoms with Crippen LogP contribution >= 0.6 is 0 Å². The van der Waals surface area contributed by atoms with Crippen LogP contribution in [0, 0.1) is 0 Å². The molecule has 0 saturated carbocycles. The number of imidazole rings is 2. The summed E-state index contributed by atoms with van der Waals surface area (Å²) in [5.41, 5.74) is 7.27. The van der Waals surface area contributed by atoms with Gasteiger partial charge in [-0.1, -0.05) is 72.8 Å². The molecule has 0 aliphatic carbocycles. The van der Waals surface area contributed by atoms with E-state index in [0.29, 0.717) is 24.2 Å². The normalized spacial score (nSPS) is 17.5. The highest BCUT2D eigenvalue weighted by molar-refractivity contribution is 5.88. The molecule has 4 heterocycles. The predicted octanol–water partition coefficient (Wildman–Crippen LogP) is 7.14. The summed E-state index contributed by atoms with van der Waals surface area (Å²) in [7, 11) is 2.57. The SMILES string of the molecule is COC(=O)N[C@@H](C(=O)N1CCC[C@@H]1c1nc2ccc(CCCc3ccc4nc([C@H]5CCCN5C(=O)[C@H](NC(=O)OC)c5ccccc5)[nH]c4c3)cc2[nH]1)c1ccccc1. The number of alkyl carbamates (subject to hydrolysis) is 2. The van der Waals surface area contributed by atoms with Crippen molar-refractivity contribution in [3.63, 3.8) is 0 Å². The van der Waals surface area contributed by atoms with Gasteiger partial charge in [0.25, 0.3) is 11.8 Å². The zero-order valence-corrected chi connectivity index (χ0v) is 33.1. The first-order chi connectivity index (χ1) is 28.8. The van der Waals surface area contributed by atoms with E-state index in [1.807, 2.05) is 82.6 Å². The number of nitrogens with one attached hydrogen (secondary N) is 4. The number of fused-ring (bicyclic) bond motifs is 2. The van der Waals surface area contributed by atoms with Crippen LogP contribution in [0.4, 0.5) is 9.59 Å². The number of rotatable bonds is 12. The fourth-order valence-corrected chi connectivity index (χ4v) is 8.46. The van der Waals surface area contributed by atoms with E-state index in [-0.39, 0.29) is 23.9 Å². The third-order valence-electron chi connectivity index (χ3n) is 11.4. The van der Waals surface area contributed by atoms with Gasteiger partial charge in [-0.3, -0.25) is 9.59 Å². The van der Waals surface area contributed by atoms with Crippen LogP contribution in [0.15, 0.2) is 97.1 Å². The Hall–Kier alpha value is -6.70. The molecule has 14 heteroatoms. The lowest BCUT2D eigenvalue weighted by Gasteiger charge is -2.28. The third kappa shape index (κ3) is 8.47. The van der Waals surface area contributed by atoms with Gasteiger partial charge in [0.05, 0.1) is 48.4 Å². The molecule has 4 N–H and O–H groups in total. The first kappa shape index (κ1) is 39.1. The predicted molar refractivity (Wildman–Crippen MR) is 221 cm³/mol.